The second-order valence-corrected chi connectivity index (χ2v) is 6.41. The molecule has 3 rings (SSSR count). The minimum atomic E-state index is -0.551. The Morgan fingerprint density at radius 2 is 2.14 bits per heavy atom. The monoisotopic (exact) mass is 351 g/mol. The lowest BCUT2D eigenvalue weighted by Crippen LogP contribution is -2.49. The van der Waals surface area contributed by atoms with Crippen LogP contribution < -0.4 is 15.5 Å². The molecule has 1 aromatic rings. The van der Waals surface area contributed by atoms with Crippen LogP contribution in [-0.2, 0) is 9.59 Å². The van der Waals surface area contributed by atoms with Crippen LogP contribution in [0.1, 0.15) is 6.42 Å². The Kier molecular flexibility index (Phi) is 4.26. The van der Waals surface area contributed by atoms with Gasteiger partial charge in [0.15, 0.2) is 0 Å². The topological polar surface area (TPSA) is 61.4 Å². The van der Waals surface area contributed by atoms with Gasteiger partial charge in [-0.05, 0) is 34.5 Å². The van der Waals surface area contributed by atoms with Gasteiger partial charge < -0.3 is 15.5 Å². The van der Waals surface area contributed by atoms with Crippen LogP contribution in [-0.4, -0.2) is 38.0 Å². The lowest BCUT2D eigenvalue weighted by atomic mass is 10.0. The molecule has 2 aliphatic heterocycles. The average molecular weight is 352 g/mol. The first-order valence-electron chi connectivity index (χ1n) is 7.21. The van der Waals surface area contributed by atoms with Gasteiger partial charge in [0.1, 0.15) is 5.92 Å². The van der Waals surface area contributed by atoms with Gasteiger partial charge in [-0.3, -0.25) is 9.59 Å². The third-order valence-corrected chi connectivity index (χ3v) is 4.77. The molecule has 1 atom stereocenters. The summed E-state index contributed by atoms with van der Waals surface area (Å²) in [4.78, 5) is 26.3. The number of nitrogens with one attached hydrogen (secondary N) is 2. The van der Waals surface area contributed by atoms with Crippen molar-refractivity contribution in [2.75, 3.05) is 31.1 Å². The van der Waals surface area contributed by atoms with E-state index in [2.05, 4.69) is 26.6 Å². The summed E-state index contributed by atoms with van der Waals surface area (Å²) in [6.45, 7) is 3.14. The largest absolute Gasteiger partial charge is 0.355 e. The maximum absolute atomic E-state index is 12.5. The van der Waals surface area contributed by atoms with Crippen molar-refractivity contribution in [1.82, 2.24) is 10.6 Å². The van der Waals surface area contributed by atoms with Crippen LogP contribution in [0.4, 0.5) is 5.69 Å². The van der Waals surface area contributed by atoms with Crippen LogP contribution in [0.3, 0.4) is 0 Å². The number of hydrogen-bond acceptors (Lipinski definition) is 3. The molecule has 0 radical (unpaired) electrons. The third-order valence-electron chi connectivity index (χ3n) is 4.10. The lowest BCUT2D eigenvalue weighted by Gasteiger charge is -2.27. The van der Waals surface area contributed by atoms with Crippen molar-refractivity contribution in [1.29, 1.82) is 0 Å². The van der Waals surface area contributed by atoms with Gasteiger partial charge in [0.2, 0.25) is 11.8 Å². The maximum atomic E-state index is 12.5. The fourth-order valence-electron chi connectivity index (χ4n) is 2.69. The maximum Gasteiger partial charge on any atom is 0.239 e. The molecule has 0 saturated carbocycles. The fourth-order valence-corrected chi connectivity index (χ4v) is 3.19. The van der Waals surface area contributed by atoms with E-state index in [1.54, 1.807) is 4.90 Å². The number of nitrogens with zero attached hydrogens (tertiary/aromatic N) is 1. The van der Waals surface area contributed by atoms with Crippen LogP contribution in [0.25, 0.3) is 0 Å². The Balaban J connectivity index is 1.63. The fraction of sp³-hybridized carbons (Fsp3) is 0.467. The zero-order valence-electron chi connectivity index (χ0n) is 11.6. The number of benzene rings is 1. The molecule has 0 aliphatic carbocycles. The molecule has 0 spiro atoms. The quantitative estimate of drug-likeness (QED) is 0.799. The third kappa shape index (κ3) is 2.96. The van der Waals surface area contributed by atoms with Crippen LogP contribution in [0.2, 0.25) is 0 Å². The molecular formula is C15H18BrN3O2. The standard InChI is InChI=1S/C15H18BrN3O2/c16-12-3-1-2-4-13(12)19-6-5-11(15(19)21)14(20)18-9-10-7-17-8-10/h1-4,10-11,17H,5-9H2,(H,18,20). The van der Waals surface area contributed by atoms with Crippen LogP contribution >= 0.6 is 15.9 Å². The van der Waals surface area contributed by atoms with Crippen molar-refractivity contribution in [2.45, 2.75) is 6.42 Å². The summed E-state index contributed by atoms with van der Waals surface area (Å²) in [5.41, 5.74) is 0.834. The summed E-state index contributed by atoms with van der Waals surface area (Å²) in [6, 6.07) is 7.59. The van der Waals surface area contributed by atoms with Crippen molar-refractivity contribution in [3.8, 4) is 0 Å². The summed E-state index contributed by atoms with van der Waals surface area (Å²) in [5, 5.41) is 6.07. The van der Waals surface area contributed by atoms with E-state index in [4.69, 9.17) is 0 Å². The molecule has 2 saturated heterocycles. The lowest BCUT2D eigenvalue weighted by molar-refractivity contribution is -0.132. The van der Waals surface area contributed by atoms with Gasteiger partial charge in [-0.1, -0.05) is 12.1 Å². The van der Waals surface area contributed by atoms with Crippen LogP contribution in [0.5, 0.6) is 0 Å². The predicted molar refractivity (Wildman–Crippen MR) is 84.0 cm³/mol. The number of carbonyl (C=O) groups excluding carboxylic acids is 2. The molecule has 5 nitrogen and oxygen atoms in total. The molecule has 2 aliphatic rings. The van der Waals surface area contributed by atoms with E-state index in [-0.39, 0.29) is 11.8 Å². The number of halogens is 1. The number of anilines is 1. The Morgan fingerprint density at radius 1 is 1.38 bits per heavy atom. The second-order valence-electron chi connectivity index (χ2n) is 5.55. The molecule has 0 bridgehead atoms. The van der Waals surface area contributed by atoms with Gasteiger partial charge in [0.05, 0.1) is 5.69 Å². The number of amides is 2. The minimum Gasteiger partial charge on any atom is -0.355 e. The second kappa shape index (κ2) is 6.15. The summed E-state index contributed by atoms with van der Waals surface area (Å²) < 4.78 is 0.875. The molecule has 2 heterocycles. The van der Waals surface area contributed by atoms with Gasteiger partial charge in [0.25, 0.3) is 0 Å². The molecule has 1 aromatic carbocycles. The number of para-hydroxylation sites is 1. The van der Waals surface area contributed by atoms with E-state index in [1.165, 1.54) is 0 Å². The first kappa shape index (κ1) is 14.5. The van der Waals surface area contributed by atoms with Gasteiger partial charge in [0, 0.05) is 36.6 Å². The molecule has 2 N–H and O–H groups in total. The molecule has 1 unspecified atom stereocenters. The average Bonchev–Trinajstić information content (AvgIpc) is 2.79. The van der Waals surface area contributed by atoms with E-state index in [0.29, 0.717) is 25.4 Å². The number of carbonyl (C=O) groups is 2. The first-order valence-corrected chi connectivity index (χ1v) is 8.00. The normalized spacial score (nSPS) is 22.2. The predicted octanol–water partition coefficient (Wildman–Crippen LogP) is 1.14. The van der Waals surface area contributed by atoms with Gasteiger partial charge in [-0.15, -0.1) is 0 Å². The van der Waals surface area contributed by atoms with Gasteiger partial charge in [-0.2, -0.15) is 0 Å². The van der Waals surface area contributed by atoms with E-state index in [1.807, 2.05) is 24.3 Å². The Morgan fingerprint density at radius 3 is 2.81 bits per heavy atom. The Labute approximate surface area is 132 Å². The first-order chi connectivity index (χ1) is 10.2. The van der Waals surface area contributed by atoms with Gasteiger partial charge >= 0.3 is 0 Å². The van der Waals surface area contributed by atoms with Crippen LogP contribution in [0, 0.1) is 11.8 Å². The van der Waals surface area contributed by atoms with Crippen molar-refractivity contribution >= 4 is 33.4 Å². The summed E-state index contributed by atoms with van der Waals surface area (Å²) in [7, 11) is 0. The zero-order valence-corrected chi connectivity index (χ0v) is 13.2. The smallest absolute Gasteiger partial charge is 0.239 e. The van der Waals surface area contributed by atoms with E-state index >= 15 is 0 Å². The Bertz CT molecular complexity index is 560. The summed E-state index contributed by atoms with van der Waals surface area (Å²) in [6.07, 6.45) is 0.578. The highest BCUT2D eigenvalue weighted by molar-refractivity contribution is 9.10. The van der Waals surface area contributed by atoms with Crippen molar-refractivity contribution < 1.29 is 9.59 Å². The summed E-state index contributed by atoms with van der Waals surface area (Å²) >= 11 is 3.46. The summed E-state index contributed by atoms with van der Waals surface area (Å²) in [5.74, 6) is -0.289. The molecule has 0 aromatic heterocycles. The van der Waals surface area contributed by atoms with Crippen molar-refractivity contribution in [3.63, 3.8) is 0 Å². The molecule has 2 fully saturated rings. The zero-order chi connectivity index (χ0) is 14.8. The molecule has 2 amide bonds. The molecular weight excluding hydrogens is 334 g/mol. The van der Waals surface area contributed by atoms with Gasteiger partial charge in [-0.25, -0.2) is 0 Å². The van der Waals surface area contributed by atoms with E-state index in [9.17, 15) is 9.59 Å². The van der Waals surface area contributed by atoms with E-state index < -0.39 is 5.92 Å². The van der Waals surface area contributed by atoms with Crippen LogP contribution in [0.15, 0.2) is 28.7 Å². The highest BCUT2D eigenvalue weighted by Crippen LogP contribution is 2.31. The van der Waals surface area contributed by atoms with Crippen molar-refractivity contribution in [3.05, 3.63) is 28.7 Å². The SMILES string of the molecule is O=C(NCC1CNC1)C1CCN(c2ccccc2Br)C1=O. The Hall–Kier alpha value is -1.40. The highest BCUT2D eigenvalue weighted by atomic mass is 79.9. The number of hydrogen-bond donors (Lipinski definition) is 2. The molecule has 112 valence electrons. The molecule has 6 heteroatoms. The minimum absolute atomic E-state index is 0.105. The number of rotatable bonds is 4. The molecule has 21 heavy (non-hydrogen) atoms. The van der Waals surface area contributed by atoms with E-state index in [0.717, 1.165) is 23.2 Å². The van der Waals surface area contributed by atoms with Crippen molar-refractivity contribution in [2.24, 2.45) is 11.8 Å². The highest BCUT2D eigenvalue weighted by Gasteiger charge is 2.38.